The Hall–Kier alpha value is -0.670. The first kappa shape index (κ1) is 14.4. The van der Waals surface area contributed by atoms with Crippen molar-refractivity contribution in [1.29, 1.82) is 0 Å². The topological polar surface area (TPSA) is 32.6 Å². The van der Waals surface area contributed by atoms with Gasteiger partial charge in [-0.3, -0.25) is 4.99 Å². The van der Waals surface area contributed by atoms with Crippen molar-refractivity contribution in [3.8, 4) is 0 Å². The third-order valence-corrected chi connectivity index (χ3v) is 4.02. The summed E-state index contributed by atoms with van der Waals surface area (Å²) in [7, 11) is 0. The van der Waals surface area contributed by atoms with E-state index >= 15 is 0 Å². The van der Waals surface area contributed by atoms with Crippen molar-refractivity contribution in [3.05, 3.63) is 27.7 Å². The Balaban J connectivity index is 3.24. The van der Waals surface area contributed by atoms with Gasteiger partial charge in [0.25, 0.3) is 0 Å². The van der Waals surface area contributed by atoms with Gasteiger partial charge < -0.3 is 5.11 Å². The molecule has 1 rings (SSSR count). The quantitative estimate of drug-likeness (QED) is 0.831. The van der Waals surface area contributed by atoms with E-state index in [0.29, 0.717) is 5.92 Å². The highest BCUT2D eigenvalue weighted by Gasteiger charge is 2.10. The molecule has 1 aromatic rings. The van der Waals surface area contributed by atoms with Crippen LogP contribution in [0.2, 0.25) is 0 Å². The van der Waals surface area contributed by atoms with E-state index in [9.17, 15) is 5.11 Å². The summed E-state index contributed by atoms with van der Waals surface area (Å²) in [6.07, 6.45) is 0.992. The molecule has 0 saturated heterocycles. The van der Waals surface area contributed by atoms with Crippen LogP contribution in [0.4, 0.5) is 5.69 Å². The lowest BCUT2D eigenvalue weighted by Crippen LogP contribution is -2.14. The van der Waals surface area contributed by atoms with Gasteiger partial charge in [-0.15, -0.1) is 0 Å². The Labute approximate surface area is 112 Å². The van der Waals surface area contributed by atoms with Crippen LogP contribution in [-0.2, 0) is 0 Å². The summed E-state index contributed by atoms with van der Waals surface area (Å²) in [5.41, 5.74) is 4.10. The minimum Gasteiger partial charge on any atom is -0.390 e. The molecule has 0 heterocycles. The van der Waals surface area contributed by atoms with E-state index in [-0.39, 0.29) is 6.61 Å². The van der Waals surface area contributed by atoms with Gasteiger partial charge in [0.05, 0.1) is 12.3 Å². The summed E-state index contributed by atoms with van der Waals surface area (Å²) in [6.45, 7) is 8.32. The molecule has 17 heavy (non-hydrogen) atoms. The van der Waals surface area contributed by atoms with Gasteiger partial charge in [0.2, 0.25) is 0 Å². The van der Waals surface area contributed by atoms with Gasteiger partial charge in [0.15, 0.2) is 0 Å². The molecule has 1 aromatic carbocycles. The molecule has 0 bridgehead atoms. The van der Waals surface area contributed by atoms with Crippen LogP contribution in [0.3, 0.4) is 0 Å². The first-order valence-corrected chi connectivity index (χ1v) is 6.74. The average Bonchev–Trinajstić information content (AvgIpc) is 2.33. The zero-order valence-electron chi connectivity index (χ0n) is 10.9. The van der Waals surface area contributed by atoms with E-state index in [2.05, 4.69) is 34.8 Å². The van der Waals surface area contributed by atoms with Crippen LogP contribution in [0.5, 0.6) is 0 Å². The van der Waals surface area contributed by atoms with Crippen molar-refractivity contribution in [2.24, 2.45) is 10.9 Å². The van der Waals surface area contributed by atoms with Crippen molar-refractivity contribution in [2.45, 2.75) is 34.1 Å². The van der Waals surface area contributed by atoms with Crippen molar-refractivity contribution >= 4 is 27.3 Å². The molecule has 0 radical (unpaired) electrons. The van der Waals surface area contributed by atoms with Gasteiger partial charge in [-0.05, 0) is 43.4 Å². The second-order valence-corrected chi connectivity index (χ2v) is 5.26. The smallest absolute Gasteiger partial charge is 0.0816 e. The molecule has 1 unspecified atom stereocenters. The maximum absolute atomic E-state index is 9.40. The second kappa shape index (κ2) is 6.31. The van der Waals surface area contributed by atoms with Crippen LogP contribution >= 0.6 is 15.9 Å². The molecule has 0 aliphatic rings. The first-order chi connectivity index (χ1) is 8.01. The Morgan fingerprint density at radius 2 is 2.06 bits per heavy atom. The van der Waals surface area contributed by atoms with Crippen LogP contribution < -0.4 is 0 Å². The number of aryl methyl sites for hydroxylation is 1. The van der Waals surface area contributed by atoms with E-state index in [1.54, 1.807) is 0 Å². The molecule has 1 atom stereocenters. The third-order valence-electron chi connectivity index (χ3n) is 3.17. The SMILES string of the molecule is CCC(C)C(CO)=Nc1c(C)ccc(Br)c1C. The molecule has 3 heteroatoms. The standard InChI is InChI=1S/C14H20BrNO/c1-5-9(2)13(8-17)16-14-10(3)6-7-12(15)11(14)4/h6-7,9,17H,5,8H2,1-4H3. The fourth-order valence-corrected chi connectivity index (χ4v) is 1.98. The Morgan fingerprint density at radius 3 is 2.59 bits per heavy atom. The van der Waals surface area contributed by atoms with Crippen molar-refractivity contribution in [2.75, 3.05) is 6.61 Å². The summed E-state index contributed by atoms with van der Waals surface area (Å²) in [5.74, 6) is 0.317. The Kier molecular flexibility index (Phi) is 5.34. The van der Waals surface area contributed by atoms with Gasteiger partial charge >= 0.3 is 0 Å². The lowest BCUT2D eigenvalue weighted by atomic mass is 10.0. The van der Waals surface area contributed by atoms with Gasteiger partial charge in [-0.2, -0.15) is 0 Å². The lowest BCUT2D eigenvalue weighted by Gasteiger charge is -2.13. The Bertz CT molecular complexity index is 426. The minimum absolute atomic E-state index is 0.0282. The van der Waals surface area contributed by atoms with Gasteiger partial charge in [-0.25, -0.2) is 0 Å². The highest BCUT2D eigenvalue weighted by atomic mass is 79.9. The second-order valence-electron chi connectivity index (χ2n) is 4.41. The zero-order chi connectivity index (χ0) is 13.0. The number of aliphatic hydroxyl groups is 1. The summed E-state index contributed by atoms with van der Waals surface area (Å²) < 4.78 is 1.06. The maximum atomic E-state index is 9.40. The molecule has 0 saturated carbocycles. The molecule has 0 aliphatic carbocycles. The first-order valence-electron chi connectivity index (χ1n) is 5.95. The molecule has 0 amide bonds. The number of aliphatic imine (C=N–C) groups is 1. The fourth-order valence-electron chi connectivity index (χ4n) is 1.66. The molecule has 0 aliphatic heterocycles. The van der Waals surface area contributed by atoms with Gasteiger partial charge in [0, 0.05) is 10.2 Å². The Morgan fingerprint density at radius 1 is 1.41 bits per heavy atom. The lowest BCUT2D eigenvalue weighted by molar-refractivity contribution is 0.350. The normalized spacial score (nSPS) is 13.9. The van der Waals surface area contributed by atoms with E-state index in [0.717, 1.165) is 33.4 Å². The highest BCUT2D eigenvalue weighted by Crippen LogP contribution is 2.30. The van der Waals surface area contributed by atoms with Crippen LogP contribution in [0.15, 0.2) is 21.6 Å². The number of nitrogens with zero attached hydrogens (tertiary/aromatic N) is 1. The van der Waals surface area contributed by atoms with Crippen molar-refractivity contribution in [3.63, 3.8) is 0 Å². The molecule has 0 fully saturated rings. The third kappa shape index (κ3) is 3.39. The average molecular weight is 298 g/mol. The zero-order valence-corrected chi connectivity index (χ0v) is 12.5. The molecular weight excluding hydrogens is 278 g/mol. The van der Waals surface area contributed by atoms with E-state index in [1.165, 1.54) is 0 Å². The number of hydrogen-bond acceptors (Lipinski definition) is 2. The molecule has 1 N–H and O–H groups in total. The number of benzene rings is 1. The minimum atomic E-state index is 0.0282. The van der Waals surface area contributed by atoms with Crippen LogP contribution in [0.25, 0.3) is 0 Å². The largest absolute Gasteiger partial charge is 0.390 e. The van der Waals surface area contributed by atoms with E-state index in [1.807, 2.05) is 26.0 Å². The van der Waals surface area contributed by atoms with Crippen molar-refractivity contribution < 1.29 is 5.11 Å². The molecular formula is C14H20BrNO. The summed E-state index contributed by atoms with van der Waals surface area (Å²) in [5, 5.41) is 9.40. The molecule has 94 valence electrons. The van der Waals surface area contributed by atoms with E-state index in [4.69, 9.17) is 0 Å². The van der Waals surface area contributed by atoms with E-state index < -0.39 is 0 Å². The predicted molar refractivity (Wildman–Crippen MR) is 77.3 cm³/mol. The predicted octanol–water partition coefficient (Wildman–Crippen LogP) is 4.18. The highest BCUT2D eigenvalue weighted by molar-refractivity contribution is 9.10. The van der Waals surface area contributed by atoms with Crippen LogP contribution in [0, 0.1) is 19.8 Å². The monoisotopic (exact) mass is 297 g/mol. The number of hydrogen-bond donors (Lipinski definition) is 1. The molecule has 2 nitrogen and oxygen atoms in total. The summed E-state index contributed by atoms with van der Waals surface area (Å²) in [6, 6.07) is 4.08. The molecule has 0 aromatic heterocycles. The summed E-state index contributed by atoms with van der Waals surface area (Å²) >= 11 is 3.51. The van der Waals surface area contributed by atoms with Crippen LogP contribution in [0.1, 0.15) is 31.4 Å². The van der Waals surface area contributed by atoms with Gasteiger partial charge in [0.1, 0.15) is 0 Å². The number of rotatable bonds is 4. The fraction of sp³-hybridized carbons (Fsp3) is 0.500. The van der Waals surface area contributed by atoms with Gasteiger partial charge in [-0.1, -0.05) is 35.8 Å². The molecule has 0 spiro atoms. The summed E-state index contributed by atoms with van der Waals surface area (Å²) in [4.78, 5) is 4.64. The van der Waals surface area contributed by atoms with Crippen molar-refractivity contribution in [1.82, 2.24) is 0 Å². The number of aliphatic hydroxyl groups excluding tert-OH is 1. The van der Waals surface area contributed by atoms with Crippen LogP contribution in [-0.4, -0.2) is 17.4 Å². The maximum Gasteiger partial charge on any atom is 0.0816 e. The number of halogens is 1.